The number of likely N-dealkylation sites (N-methyl/N-ethyl adjacent to an activating group) is 2. The highest BCUT2D eigenvalue weighted by Gasteiger charge is 2.71. The summed E-state index contributed by atoms with van der Waals surface area (Å²) in [5.74, 6) is 0.445. The Morgan fingerprint density at radius 3 is 1.69 bits per heavy atom. The largest absolute Gasteiger partial charge is 0.362 e. The van der Waals surface area contributed by atoms with Crippen molar-refractivity contribution in [1.82, 2.24) is 14.8 Å². The number of aromatic nitrogens is 1. The van der Waals surface area contributed by atoms with Gasteiger partial charge < -0.3 is 14.8 Å². The number of rotatable bonds is 3. The number of likely N-dealkylation sites (tertiary alicyclic amines) is 2. The number of para-hydroxylation sites is 1. The number of halogens is 2. The van der Waals surface area contributed by atoms with Gasteiger partial charge in [-0.15, -0.1) is 0 Å². The number of carbonyl (C=O) groups excluding carboxylic acids is 2. The molecular weight excluding hydrogens is 1050 g/mol. The fourth-order valence-corrected chi connectivity index (χ4v) is 15.5. The number of Topliss-reactive ketones (excluding diaryl/α,β-unsaturated/α-hetero) is 2. The molecule has 3 heterocycles. The molecule has 2 N–H and O–H groups in total. The fraction of sp³-hybridized carbons (Fsp3) is 0.569. The molecule has 4 aromatic rings. The topological polar surface area (TPSA) is 80.8 Å². The molecule has 2 unspecified atom stereocenters. The molecule has 2 aliphatic heterocycles. The second-order valence-electron chi connectivity index (χ2n) is 22.9. The number of anilines is 1. The van der Waals surface area contributed by atoms with Gasteiger partial charge in [-0.05, 0) is 193 Å². The summed E-state index contributed by atoms with van der Waals surface area (Å²) in [7, 11) is 4.65. The molecule has 0 spiro atoms. The van der Waals surface area contributed by atoms with Gasteiger partial charge in [-0.2, -0.15) is 5.10 Å². The second-order valence-corrected chi connectivity index (χ2v) is 22.9. The van der Waals surface area contributed by atoms with Crippen LogP contribution in [0.15, 0.2) is 59.7 Å². The van der Waals surface area contributed by atoms with Gasteiger partial charge in [0.2, 0.25) is 0 Å². The van der Waals surface area contributed by atoms with E-state index in [1.807, 2.05) is 30.3 Å². The molecule has 4 bridgehead atoms. The van der Waals surface area contributed by atoms with Crippen molar-refractivity contribution in [1.29, 1.82) is 0 Å². The molecule has 1 aromatic heterocycles. The number of aromatic amines is 1. The van der Waals surface area contributed by atoms with Crippen LogP contribution in [0.3, 0.4) is 0 Å². The number of aryl methyl sites for hydroxylation is 3. The quantitative estimate of drug-likeness (QED) is 0.121. The van der Waals surface area contributed by atoms with Crippen LogP contribution in [0.5, 0.6) is 0 Å². The normalized spacial score (nSPS) is 29.6. The van der Waals surface area contributed by atoms with E-state index in [0.717, 1.165) is 37.9 Å². The molecular formula is C58H79I2N5O2. The van der Waals surface area contributed by atoms with Crippen LogP contribution in [-0.2, 0) is 45.1 Å². The zero-order valence-corrected chi connectivity index (χ0v) is 47.9. The Balaban J connectivity index is 0.000000156. The number of fused-ring (bicyclic) bond motifs is 3. The van der Waals surface area contributed by atoms with Crippen LogP contribution in [0.4, 0.5) is 5.69 Å². The summed E-state index contributed by atoms with van der Waals surface area (Å²) in [6.07, 6.45) is 7.66. The number of ketones is 2. The maximum atomic E-state index is 13.1. The Bertz CT molecular complexity index is 2590. The lowest BCUT2D eigenvalue weighted by molar-refractivity contribution is -0.162. The van der Waals surface area contributed by atoms with Crippen LogP contribution >= 0.6 is 37.2 Å². The zero-order valence-electron chi connectivity index (χ0n) is 43.6. The highest BCUT2D eigenvalue weighted by atomic mass is 128. The minimum Gasteiger partial charge on any atom is -0.362 e. The third-order valence-electron chi connectivity index (χ3n) is 19.6. The number of hydrogen-bond acceptors (Lipinski definition) is 6. The SMILES string of the molecule is CC(=O)/C(C)=N/Nc1ccccc1.Cc1ccc2c(c1C)[C@]13CCN(C)C(C2)[C@]1(C)CCC(=O)C3(C)C.Cc1ccc2c(c1C)[C@]13CCN(C)C(C2)[C@]1(C)Cc1c([nH]c(C)c1C)C3(C)C.II. The first-order chi connectivity index (χ1) is 31.4. The lowest BCUT2D eigenvalue weighted by atomic mass is 9.37. The molecule has 362 valence electrons. The number of carbonyl (C=O) groups is 2. The van der Waals surface area contributed by atoms with Gasteiger partial charge in [0.15, 0.2) is 5.78 Å². The highest BCUT2D eigenvalue weighted by Crippen LogP contribution is 2.70. The number of H-pyrrole nitrogens is 1. The molecule has 4 aliphatic carbocycles. The molecule has 7 nitrogen and oxygen atoms in total. The molecule has 10 rings (SSSR count). The van der Waals surface area contributed by atoms with E-state index in [1.165, 1.54) is 77.5 Å². The van der Waals surface area contributed by atoms with Gasteiger partial charge in [0.25, 0.3) is 0 Å². The van der Waals surface area contributed by atoms with Crippen molar-refractivity contribution in [3.63, 3.8) is 0 Å². The summed E-state index contributed by atoms with van der Waals surface area (Å²) < 4.78 is 0. The van der Waals surface area contributed by atoms with Gasteiger partial charge in [0.1, 0.15) is 11.5 Å². The number of hydrogen-bond donors (Lipinski definition) is 2. The summed E-state index contributed by atoms with van der Waals surface area (Å²) in [5.41, 5.74) is 22.6. The van der Waals surface area contributed by atoms with E-state index in [4.69, 9.17) is 0 Å². The summed E-state index contributed by atoms with van der Waals surface area (Å²) >= 11 is 4.24. The monoisotopic (exact) mass is 1130 g/mol. The van der Waals surface area contributed by atoms with E-state index >= 15 is 0 Å². The number of hydrazone groups is 1. The van der Waals surface area contributed by atoms with Gasteiger partial charge in [-0.3, -0.25) is 15.0 Å². The van der Waals surface area contributed by atoms with E-state index < -0.39 is 0 Å². The van der Waals surface area contributed by atoms with E-state index in [2.05, 4.69) is 184 Å². The van der Waals surface area contributed by atoms with Gasteiger partial charge in [0, 0.05) is 95.7 Å². The van der Waals surface area contributed by atoms with Crippen molar-refractivity contribution in [2.75, 3.05) is 32.6 Å². The van der Waals surface area contributed by atoms with Crippen molar-refractivity contribution in [2.24, 2.45) is 21.3 Å². The average molecular weight is 1130 g/mol. The van der Waals surface area contributed by atoms with Crippen molar-refractivity contribution in [3.8, 4) is 0 Å². The Labute approximate surface area is 427 Å². The van der Waals surface area contributed by atoms with E-state index in [-0.39, 0.29) is 38.3 Å². The maximum Gasteiger partial charge on any atom is 0.175 e. The minimum atomic E-state index is -0.284. The summed E-state index contributed by atoms with van der Waals surface area (Å²) in [6.45, 7) is 33.9. The van der Waals surface area contributed by atoms with Crippen molar-refractivity contribution >= 4 is 60.2 Å². The predicted molar refractivity (Wildman–Crippen MR) is 298 cm³/mol. The number of nitrogens with one attached hydrogen (secondary N) is 2. The van der Waals surface area contributed by atoms with E-state index in [0.29, 0.717) is 23.6 Å². The molecule has 9 heteroatoms. The first kappa shape index (κ1) is 52.0. The highest BCUT2D eigenvalue weighted by molar-refractivity contribution is 15.0. The Morgan fingerprint density at radius 1 is 0.687 bits per heavy atom. The number of nitrogens with zero attached hydrogens (tertiary/aromatic N) is 3. The van der Waals surface area contributed by atoms with Crippen LogP contribution in [0, 0.1) is 57.8 Å². The Kier molecular flexibility index (Phi) is 14.5. The number of benzene rings is 3. The van der Waals surface area contributed by atoms with E-state index in [1.54, 1.807) is 29.2 Å². The second kappa shape index (κ2) is 18.7. The third kappa shape index (κ3) is 7.69. The Hall–Kier alpha value is -2.87. The summed E-state index contributed by atoms with van der Waals surface area (Å²) in [4.78, 5) is 33.0. The number of piperidine rings is 2. The van der Waals surface area contributed by atoms with E-state index in [9.17, 15) is 9.59 Å². The molecule has 6 aliphatic rings. The van der Waals surface area contributed by atoms with Crippen molar-refractivity contribution in [3.05, 3.63) is 122 Å². The summed E-state index contributed by atoms with van der Waals surface area (Å²) in [6, 6.07) is 20.1. The molecule has 3 fully saturated rings. The standard InChI is InChI=1S/C26H36N2.C22H31NO.C10H12N2O.I2/c1-15-9-10-19-13-21-25(7)14-20-17(3)18(4)27-23(20)24(5,6)26(25,11-12-28(21)8)22(19)16(15)2;1-14-7-8-16-13-17-21(5)10-9-18(24)20(3,4)22(21,11-12-23(17)6)19(16)15(14)2;1-8(9(2)13)11-12-10-6-4-3-5-7-10;1-2/h9-10,21,27H,11-14H2,1-8H3;7-8,17H,9-13H2,1-6H3;3-7,12H,1-2H3;/b;;11-8+;/t21?,25-,26-;17?,21-,22-;;/m00../s1. The van der Waals surface area contributed by atoms with Crippen LogP contribution in [0.2, 0.25) is 0 Å². The average Bonchev–Trinajstić information content (AvgIpc) is 3.57. The molecule has 67 heavy (non-hydrogen) atoms. The van der Waals surface area contributed by atoms with Gasteiger partial charge in [0.05, 0.1) is 5.69 Å². The molecule has 6 atom stereocenters. The lowest BCUT2D eigenvalue weighted by Crippen LogP contribution is -2.73. The van der Waals surface area contributed by atoms with Gasteiger partial charge in [-0.25, -0.2) is 0 Å². The van der Waals surface area contributed by atoms with Gasteiger partial charge in [-0.1, -0.05) is 84.0 Å². The first-order valence-electron chi connectivity index (χ1n) is 24.7. The first-order valence-corrected chi connectivity index (χ1v) is 31.0. The minimum absolute atomic E-state index is 0.0177. The predicted octanol–water partition coefficient (Wildman–Crippen LogP) is 13.3. The summed E-state index contributed by atoms with van der Waals surface area (Å²) in [5, 5.41) is 3.91. The molecule has 0 radical (unpaired) electrons. The van der Waals surface area contributed by atoms with Crippen LogP contribution in [-0.4, -0.2) is 71.3 Å². The molecule has 0 amide bonds. The molecule has 2 saturated heterocycles. The van der Waals surface area contributed by atoms with Gasteiger partial charge >= 0.3 is 0 Å². The molecule has 1 saturated carbocycles. The molecule has 3 aromatic carbocycles. The lowest BCUT2D eigenvalue weighted by Gasteiger charge is -2.70. The van der Waals surface area contributed by atoms with Crippen LogP contribution in [0.1, 0.15) is 148 Å². The zero-order chi connectivity index (χ0) is 49.4. The van der Waals surface area contributed by atoms with Crippen LogP contribution in [0.25, 0.3) is 0 Å². The van der Waals surface area contributed by atoms with Crippen molar-refractivity contribution in [2.45, 2.75) is 170 Å². The third-order valence-corrected chi connectivity index (χ3v) is 19.6. The maximum absolute atomic E-state index is 13.1. The van der Waals surface area contributed by atoms with Crippen LogP contribution < -0.4 is 5.43 Å². The smallest absolute Gasteiger partial charge is 0.175 e. The van der Waals surface area contributed by atoms with Crippen molar-refractivity contribution < 1.29 is 9.59 Å². The Morgan fingerprint density at radius 2 is 1.18 bits per heavy atom. The fourth-order valence-electron chi connectivity index (χ4n) is 15.5.